The summed E-state index contributed by atoms with van der Waals surface area (Å²) >= 11 is 6.51. The van der Waals surface area contributed by atoms with Crippen LogP contribution in [0.2, 0.25) is 0 Å². The van der Waals surface area contributed by atoms with Crippen LogP contribution in [0.4, 0.5) is 5.69 Å². The Morgan fingerprint density at radius 1 is 1.21 bits per heavy atom. The lowest BCUT2D eigenvalue weighted by Gasteiger charge is -2.29. The maximum absolute atomic E-state index is 12.3. The van der Waals surface area contributed by atoms with Crippen molar-refractivity contribution in [1.82, 2.24) is 5.43 Å². The Balaban J connectivity index is 1.72. The summed E-state index contributed by atoms with van der Waals surface area (Å²) in [5.41, 5.74) is 4.43. The number of ether oxygens (including phenoxy) is 1. The van der Waals surface area contributed by atoms with Crippen LogP contribution in [-0.4, -0.2) is 37.4 Å². The SMILES string of the molecule is COc1cc(N2CCCCC2)ccc1/C=N\NC(=O)c1cc(Br)cc(Br)c1O. The number of nitrogens with one attached hydrogen (secondary N) is 1. The average Bonchev–Trinajstić information content (AvgIpc) is 2.71. The van der Waals surface area contributed by atoms with Crippen LogP contribution < -0.4 is 15.1 Å². The molecule has 0 unspecified atom stereocenters. The molecule has 1 fully saturated rings. The largest absolute Gasteiger partial charge is 0.506 e. The van der Waals surface area contributed by atoms with Gasteiger partial charge in [0.05, 0.1) is 23.4 Å². The second kappa shape index (κ2) is 9.43. The Hall–Kier alpha value is -2.06. The molecule has 8 heteroatoms. The molecule has 2 N–H and O–H groups in total. The molecule has 0 bridgehead atoms. The van der Waals surface area contributed by atoms with E-state index in [1.54, 1.807) is 13.2 Å². The molecule has 6 nitrogen and oxygen atoms in total. The van der Waals surface area contributed by atoms with Gasteiger partial charge in [-0.25, -0.2) is 5.43 Å². The lowest BCUT2D eigenvalue weighted by molar-refractivity contribution is 0.0952. The third-order valence-corrected chi connectivity index (χ3v) is 5.64. The molecule has 1 heterocycles. The second-order valence-electron chi connectivity index (χ2n) is 6.46. The van der Waals surface area contributed by atoms with E-state index in [1.807, 2.05) is 18.2 Å². The minimum atomic E-state index is -0.514. The maximum atomic E-state index is 12.3. The van der Waals surface area contributed by atoms with E-state index in [4.69, 9.17) is 4.74 Å². The van der Waals surface area contributed by atoms with Gasteiger partial charge in [0.1, 0.15) is 11.5 Å². The van der Waals surface area contributed by atoms with Gasteiger partial charge < -0.3 is 14.7 Å². The van der Waals surface area contributed by atoms with Crippen LogP contribution in [0.3, 0.4) is 0 Å². The zero-order valence-electron chi connectivity index (χ0n) is 15.4. The molecule has 0 aliphatic carbocycles. The number of nitrogens with zero attached hydrogens (tertiary/aromatic N) is 2. The first-order valence-corrected chi connectivity index (χ1v) is 10.5. The van der Waals surface area contributed by atoms with E-state index in [2.05, 4.69) is 47.3 Å². The zero-order chi connectivity index (χ0) is 20.1. The molecule has 0 spiro atoms. The van der Waals surface area contributed by atoms with Crippen LogP contribution in [0.25, 0.3) is 0 Å². The number of halogens is 2. The summed E-state index contributed by atoms with van der Waals surface area (Å²) < 4.78 is 6.58. The van der Waals surface area contributed by atoms with E-state index in [0.29, 0.717) is 14.7 Å². The number of carbonyl (C=O) groups excluding carboxylic acids is 1. The van der Waals surface area contributed by atoms with Gasteiger partial charge in [0.15, 0.2) is 0 Å². The van der Waals surface area contributed by atoms with Gasteiger partial charge in [-0.2, -0.15) is 5.10 Å². The van der Waals surface area contributed by atoms with Crippen molar-refractivity contribution in [1.29, 1.82) is 0 Å². The van der Waals surface area contributed by atoms with Crippen molar-refractivity contribution in [2.45, 2.75) is 19.3 Å². The van der Waals surface area contributed by atoms with Crippen LogP contribution in [-0.2, 0) is 0 Å². The van der Waals surface area contributed by atoms with Crippen molar-refractivity contribution >= 4 is 49.7 Å². The number of methoxy groups -OCH3 is 1. The normalized spacial score (nSPS) is 14.3. The van der Waals surface area contributed by atoms with E-state index in [1.165, 1.54) is 31.5 Å². The van der Waals surface area contributed by atoms with E-state index in [0.717, 1.165) is 24.3 Å². The van der Waals surface area contributed by atoms with E-state index >= 15 is 0 Å². The first kappa shape index (κ1) is 20.7. The molecule has 0 atom stereocenters. The number of phenolic OH excluding ortho intramolecular Hbond substituents is 1. The molecular weight excluding hydrogens is 490 g/mol. The van der Waals surface area contributed by atoms with E-state index in [-0.39, 0.29) is 11.3 Å². The predicted molar refractivity (Wildman–Crippen MR) is 118 cm³/mol. The van der Waals surface area contributed by atoms with Crippen molar-refractivity contribution in [2.24, 2.45) is 5.10 Å². The number of hydrogen-bond acceptors (Lipinski definition) is 5. The molecular formula is C20H21Br2N3O3. The molecule has 2 aromatic rings. The summed E-state index contributed by atoms with van der Waals surface area (Å²) in [4.78, 5) is 14.7. The monoisotopic (exact) mass is 509 g/mol. The fraction of sp³-hybridized carbons (Fsp3) is 0.300. The third-order valence-electron chi connectivity index (χ3n) is 4.58. The highest BCUT2D eigenvalue weighted by Crippen LogP contribution is 2.31. The Kier molecular flexibility index (Phi) is 6.96. The van der Waals surface area contributed by atoms with Gasteiger partial charge in [-0.1, -0.05) is 15.9 Å². The average molecular weight is 511 g/mol. The zero-order valence-corrected chi connectivity index (χ0v) is 18.6. The Morgan fingerprint density at radius 2 is 1.96 bits per heavy atom. The standard InChI is InChI=1S/C20H21Br2N3O3/c1-28-18-11-15(25-7-3-2-4-8-25)6-5-13(18)12-23-24-20(27)16-9-14(21)10-17(22)19(16)26/h5-6,9-12,26H,2-4,7-8H2,1H3,(H,24,27)/b23-12-. The number of anilines is 1. The molecule has 0 radical (unpaired) electrons. The van der Waals surface area contributed by atoms with Gasteiger partial charge >= 0.3 is 0 Å². The topological polar surface area (TPSA) is 74.2 Å². The van der Waals surface area contributed by atoms with Crippen molar-refractivity contribution < 1.29 is 14.6 Å². The number of aromatic hydroxyl groups is 1. The number of benzene rings is 2. The summed E-state index contributed by atoms with van der Waals surface area (Å²) in [5.74, 6) is 0.0353. The van der Waals surface area contributed by atoms with Gasteiger partial charge in [0, 0.05) is 34.9 Å². The molecule has 1 aliphatic rings. The van der Waals surface area contributed by atoms with Crippen molar-refractivity contribution in [2.75, 3.05) is 25.1 Å². The lowest BCUT2D eigenvalue weighted by atomic mass is 10.1. The van der Waals surface area contributed by atoms with Gasteiger partial charge in [-0.15, -0.1) is 0 Å². The molecule has 2 aromatic carbocycles. The maximum Gasteiger partial charge on any atom is 0.275 e. The molecule has 1 amide bonds. The summed E-state index contributed by atoms with van der Waals surface area (Å²) in [6.45, 7) is 2.11. The lowest BCUT2D eigenvalue weighted by Crippen LogP contribution is -2.29. The van der Waals surface area contributed by atoms with Crippen LogP contribution in [0, 0.1) is 0 Å². The quantitative estimate of drug-likeness (QED) is 0.452. The molecule has 1 saturated heterocycles. The first-order chi connectivity index (χ1) is 13.5. The Labute approximate surface area is 180 Å². The third kappa shape index (κ3) is 4.86. The Morgan fingerprint density at radius 3 is 2.68 bits per heavy atom. The molecule has 3 rings (SSSR count). The summed E-state index contributed by atoms with van der Waals surface area (Å²) in [6, 6.07) is 9.13. The van der Waals surface area contributed by atoms with E-state index < -0.39 is 5.91 Å². The van der Waals surface area contributed by atoms with Crippen molar-refractivity contribution in [3.8, 4) is 11.5 Å². The molecule has 28 heavy (non-hydrogen) atoms. The molecule has 1 aliphatic heterocycles. The fourth-order valence-electron chi connectivity index (χ4n) is 3.12. The van der Waals surface area contributed by atoms with Gasteiger partial charge in [-0.3, -0.25) is 4.79 Å². The number of hydrazone groups is 1. The highest BCUT2D eigenvalue weighted by atomic mass is 79.9. The number of amides is 1. The van der Waals surface area contributed by atoms with Gasteiger partial charge in [-0.05, 0) is 59.5 Å². The summed E-state index contributed by atoms with van der Waals surface area (Å²) in [5, 5.41) is 14.0. The van der Waals surface area contributed by atoms with Crippen LogP contribution in [0.15, 0.2) is 44.4 Å². The first-order valence-electron chi connectivity index (χ1n) is 8.94. The highest BCUT2D eigenvalue weighted by molar-refractivity contribution is 9.11. The number of phenols is 1. The molecule has 0 saturated carbocycles. The van der Waals surface area contributed by atoms with Crippen LogP contribution in [0.5, 0.6) is 11.5 Å². The van der Waals surface area contributed by atoms with Gasteiger partial charge in [0.2, 0.25) is 0 Å². The molecule has 148 valence electrons. The van der Waals surface area contributed by atoms with E-state index in [9.17, 15) is 9.90 Å². The number of carbonyl (C=O) groups is 1. The Bertz CT molecular complexity index is 897. The molecule has 0 aromatic heterocycles. The van der Waals surface area contributed by atoms with Gasteiger partial charge in [0.25, 0.3) is 5.91 Å². The summed E-state index contributed by atoms with van der Waals surface area (Å²) in [6.07, 6.45) is 5.22. The highest BCUT2D eigenvalue weighted by Gasteiger charge is 2.15. The minimum absolute atomic E-state index is 0.116. The van der Waals surface area contributed by atoms with Crippen LogP contribution in [0.1, 0.15) is 35.2 Å². The predicted octanol–water partition coefficient (Wildman–Crippen LogP) is 4.68. The van der Waals surface area contributed by atoms with Crippen molar-refractivity contribution in [3.05, 3.63) is 50.4 Å². The fourth-order valence-corrected chi connectivity index (χ4v) is 4.34. The van der Waals surface area contributed by atoms with Crippen LogP contribution >= 0.6 is 31.9 Å². The minimum Gasteiger partial charge on any atom is -0.506 e. The summed E-state index contributed by atoms with van der Waals surface area (Å²) in [7, 11) is 1.61. The second-order valence-corrected chi connectivity index (χ2v) is 8.23. The smallest absolute Gasteiger partial charge is 0.275 e. The number of rotatable bonds is 5. The number of hydrogen-bond donors (Lipinski definition) is 2. The van der Waals surface area contributed by atoms with Crippen molar-refractivity contribution in [3.63, 3.8) is 0 Å². The number of piperidine rings is 1.